The van der Waals surface area contributed by atoms with Gasteiger partial charge in [-0.05, 0) is 56.4 Å². The summed E-state index contributed by atoms with van der Waals surface area (Å²) < 4.78 is 0. The van der Waals surface area contributed by atoms with E-state index < -0.39 is 6.04 Å². The van der Waals surface area contributed by atoms with Gasteiger partial charge in [0.15, 0.2) is 0 Å². The molecule has 1 aliphatic carbocycles. The molecule has 0 saturated heterocycles. The van der Waals surface area contributed by atoms with Crippen molar-refractivity contribution in [3.8, 4) is 0 Å². The number of hydrogen-bond acceptors (Lipinski definition) is 2. The van der Waals surface area contributed by atoms with Crippen LogP contribution in [-0.4, -0.2) is 28.8 Å². The maximum Gasteiger partial charge on any atom is 0.242 e. The summed E-state index contributed by atoms with van der Waals surface area (Å²) in [6.45, 7) is 4.26. The summed E-state index contributed by atoms with van der Waals surface area (Å²) in [4.78, 5) is 27.7. The maximum absolute atomic E-state index is 13.2. The van der Waals surface area contributed by atoms with Crippen molar-refractivity contribution in [2.75, 3.05) is 0 Å². The molecule has 2 amide bonds. The molecule has 0 spiro atoms. The summed E-state index contributed by atoms with van der Waals surface area (Å²) >= 11 is 6.00. The zero-order valence-corrected chi connectivity index (χ0v) is 18.6. The smallest absolute Gasteiger partial charge is 0.242 e. The van der Waals surface area contributed by atoms with Crippen molar-refractivity contribution in [3.63, 3.8) is 0 Å². The fraction of sp³-hybridized carbons (Fsp3) is 0.440. The van der Waals surface area contributed by atoms with E-state index in [0.717, 1.165) is 36.8 Å². The van der Waals surface area contributed by atoms with Crippen molar-refractivity contribution in [1.29, 1.82) is 0 Å². The van der Waals surface area contributed by atoms with Crippen molar-refractivity contribution in [2.45, 2.75) is 71.0 Å². The van der Waals surface area contributed by atoms with Gasteiger partial charge in [0, 0.05) is 24.0 Å². The SMILES string of the molecule is Cc1ccc(CCC(=O)N(Cc2ccc(Cl)cc2)[C@H](C)C(=O)NC2CCCC2)cc1. The van der Waals surface area contributed by atoms with Crippen LogP contribution in [0.2, 0.25) is 5.02 Å². The predicted molar refractivity (Wildman–Crippen MR) is 121 cm³/mol. The molecule has 2 aromatic rings. The molecule has 0 radical (unpaired) electrons. The zero-order valence-electron chi connectivity index (χ0n) is 17.9. The summed E-state index contributed by atoms with van der Waals surface area (Å²) in [7, 11) is 0. The Hall–Kier alpha value is -2.33. The quantitative estimate of drug-likeness (QED) is 0.641. The summed E-state index contributed by atoms with van der Waals surface area (Å²) in [5.74, 6) is -0.0841. The van der Waals surface area contributed by atoms with Gasteiger partial charge in [0.25, 0.3) is 0 Å². The number of carbonyl (C=O) groups is 2. The van der Waals surface area contributed by atoms with Gasteiger partial charge in [-0.25, -0.2) is 0 Å². The second-order valence-electron chi connectivity index (χ2n) is 8.30. The molecular weight excluding hydrogens is 396 g/mol. The highest BCUT2D eigenvalue weighted by molar-refractivity contribution is 6.30. The number of aryl methyl sites for hydroxylation is 2. The Morgan fingerprint density at radius 2 is 1.63 bits per heavy atom. The van der Waals surface area contributed by atoms with Crippen LogP contribution < -0.4 is 5.32 Å². The molecule has 3 rings (SSSR count). The molecule has 1 N–H and O–H groups in total. The highest BCUT2D eigenvalue weighted by Gasteiger charge is 2.28. The van der Waals surface area contributed by atoms with Gasteiger partial charge in [-0.15, -0.1) is 0 Å². The normalized spacial score (nSPS) is 15.0. The highest BCUT2D eigenvalue weighted by Crippen LogP contribution is 2.19. The summed E-state index contributed by atoms with van der Waals surface area (Å²) in [5.41, 5.74) is 3.29. The largest absolute Gasteiger partial charge is 0.352 e. The predicted octanol–water partition coefficient (Wildman–Crippen LogP) is 5.06. The molecule has 4 nitrogen and oxygen atoms in total. The number of nitrogens with one attached hydrogen (secondary N) is 1. The van der Waals surface area contributed by atoms with Crippen molar-refractivity contribution >= 4 is 23.4 Å². The van der Waals surface area contributed by atoms with Crippen LogP contribution >= 0.6 is 11.6 Å². The van der Waals surface area contributed by atoms with Gasteiger partial charge in [-0.3, -0.25) is 9.59 Å². The average molecular weight is 427 g/mol. The number of amides is 2. The Kier molecular flexibility index (Phi) is 7.92. The van der Waals surface area contributed by atoms with E-state index in [-0.39, 0.29) is 17.9 Å². The molecule has 0 aromatic heterocycles. The first-order valence-corrected chi connectivity index (χ1v) is 11.2. The fourth-order valence-electron chi connectivity index (χ4n) is 3.91. The molecular formula is C25H31ClN2O2. The molecule has 0 aliphatic heterocycles. The standard InChI is InChI=1S/C25H31ClN2O2/c1-18-7-9-20(10-8-18)13-16-24(29)28(17-21-11-14-22(26)15-12-21)19(2)25(30)27-23-5-3-4-6-23/h7-12,14-15,19,23H,3-6,13,16-17H2,1-2H3,(H,27,30)/t19-/m1/s1. The molecule has 1 atom stereocenters. The molecule has 1 fully saturated rings. The van der Waals surface area contributed by atoms with Crippen LogP contribution in [0, 0.1) is 6.92 Å². The molecule has 2 aromatic carbocycles. The van der Waals surface area contributed by atoms with Gasteiger partial charge in [0.05, 0.1) is 0 Å². The van der Waals surface area contributed by atoms with Gasteiger partial charge in [-0.2, -0.15) is 0 Å². The Morgan fingerprint density at radius 3 is 2.27 bits per heavy atom. The van der Waals surface area contributed by atoms with Crippen LogP contribution in [0.3, 0.4) is 0 Å². The number of hydrogen-bond donors (Lipinski definition) is 1. The van der Waals surface area contributed by atoms with Gasteiger partial charge in [-0.1, -0.05) is 66.4 Å². The zero-order chi connectivity index (χ0) is 21.5. The van der Waals surface area contributed by atoms with E-state index in [1.165, 1.54) is 5.56 Å². The second kappa shape index (κ2) is 10.6. The average Bonchev–Trinajstić information content (AvgIpc) is 3.25. The minimum atomic E-state index is -0.521. The Bertz CT molecular complexity index is 842. The summed E-state index contributed by atoms with van der Waals surface area (Å²) in [5, 5.41) is 3.79. The number of halogens is 1. The molecule has 0 heterocycles. The van der Waals surface area contributed by atoms with Crippen molar-refractivity contribution in [2.24, 2.45) is 0 Å². The first-order chi connectivity index (χ1) is 14.4. The first kappa shape index (κ1) is 22.4. The summed E-state index contributed by atoms with van der Waals surface area (Å²) in [6, 6.07) is 15.4. The van der Waals surface area contributed by atoms with Crippen molar-refractivity contribution in [1.82, 2.24) is 10.2 Å². The fourth-order valence-corrected chi connectivity index (χ4v) is 4.04. The molecule has 0 bridgehead atoms. The Labute approximate surface area is 184 Å². The van der Waals surface area contributed by atoms with E-state index in [4.69, 9.17) is 11.6 Å². The van der Waals surface area contributed by atoms with Gasteiger partial charge < -0.3 is 10.2 Å². The van der Waals surface area contributed by atoms with E-state index >= 15 is 0 Å². The minimum absolute atomic E-state index is 0.0143. The van der Waals surface area contributed by atoms with Gasteiger partial charge in [0.2, 0.25) is 11.8 Å². The lowest BCUT2D eigenvalue weighted by molar-refractivity contribution is -0.140. The van der Waals surface area contributed by atoms with Crippen LogP contribution in [0.1, 0.15) is 55.7 Å². The number of carbonyl (C=O) groups excluding carboxylic acids is 2. The molecule has 160 valence electrons. The second-order valence-corrected chi connectivity index (χ2v) is 8.74. The van der Waals surface area contributed by atoms with Crippen LogP contribution in [-0.2, 0) is 22.6 Å². The van der Waals surface area contributed by atoms with Crippen LogP contribution in [0.25, 0.3) is 0 Å². The molecule has 1 saturated carbocycles. The van der Waals surface area contributed by atoms with Crippen LogP contribution in [0.5, 0.6) is 0 Å². The molecule has 30 heavy (non-hydrogen) atoms. The Balaban J connectivity index is 1.69. The third-order valence-electron chi connectivity index (χ3n) is 5.88. The van der Waals surface area contributed by atoms with Crippen molar-refractivity contribution < 1.29 is 9.59 Å². The highest BCUT2D eigenvalue weighted by atomic mass is 35.5. The van der Waals surface area contributed by atoms with Crippen LogP contribution in [0.4, 0.5) is 0 Å². The lowest BCUT2D eigenvalue weighted by Gasteiger charge is -2.30. The number of benzene rings is 2. The lowest BCUT2D eigenvalue weighted by atomic mass is 10.1. The maximum atomic E-state index is 13.2. The summed E-state index contributed by atoms with van der Waals surface area (Å²) in [6.07, 6.45) is 5.39. The third kappa shape index (κ3) is 6.33. The van der Waals surface area contributed by atoms with E-state index in [1.54, 1.807) is 4.90 Å². The molecule has 1 aliphatic rings. The van der Waals surface area contributed by atoms with Crippen molar-refractivity contribution in [3.05, 3.63) is 70.2 Å². The van der Waals surface area contributed by atoms with E-state index in [9.17, 15) is 9.59 Å². The topological polar surface area (TPSA) is 49.4 Å². The van der Waals surface area contributed by atoms with E-state index in [1.807, 2.05) is 38.1 Å². The van der Waals surface area contributed by atoms with Gasteiger partial charge >= 0.3 is 0 Å². The van der Waals surface area contributed by atoms with Crippen LogP contribution in [0.15, 0.2) is 48.5 Å². The molecule has 5 heteroatoms. The lowest BCUT2D eigenvalue weighted by Crippen LogP contribution is -2.49. The monoisotopic (exact) mass is 426 g/mol. The van der Waals surface area contributed by atoms with E-state index in [0.29, 0.717) is 24.4 Å². The molecule has 0 unspecified atom stereocenters. The number of rotatable bonds is 8. The minimum Gasteiger partial charge on any atom is -0.352 e. The first-order valence-electron chi connectivity index (χ1n) is 10.8. The third-order valence-corrected chi connectivity index (χ3v) is 6.14. The van der Waals surface area contributed by atoms with Gasteiger partial charge in [0.1, 0.15) is 6.04 Å². The van der Waals surface area contributed by atoms with E-state index in [2.05, 4.69) is 29.6 Å². The Morgan fingerprint density at radius 1 is 1.03 bits per heavy atom. The number of nitrogens with zero attached hydrogens (tertiary/aromatic N) is 1.